The summed E-state index contributed by atoms with van der Waals surface area (Å²) in [5.74, 6) is -0.629. The monoisotopic (exact) mass is 299 g/mol. The van der Waals surface area contributed by atoms with Gasteiger partial charge in [0, 0.05) is 5.69 Å². The second kappa shape index (κ2) is 7.61. The quantitative estimate of drug-likeness (QED) is 0.805. The molecule has 0 radical (unpaired) electrons. The van der Waals surface area contributed by atoms with Crippen molar-refractivity contribution in [2.75, 3.05) is 11.9 Å². The molecule has 0 spiro atoms. The van der Waals surface area contributed by atoms with Crippen LogP contribution >= 0.6 is 0 Å². The minimum Gasteiger partial charge on any atom is -0.464 e. The van der Waals surface area contributed by atoms with Crippen LogP contribution in [0.4, 0.5) is 5.69 Å². The maximum atomic E-state index is 11.9. The fourth-order valence-electron chi connectivity index (χ4n) is 2.20. The Bertz CT molecular complexity index is 595. The summed E-state index contributed by atoms with van der Waals surface area (Å²) in [6.07, 6.45) is -1.27. The van der Waals surface area contributed by atoms with Gasteiger partial charge in [0.05, 0.1) is 12.6 Å². The van der Waals surface area contributed by atoms with Gasteiger partial charge in [-0.1, -0.05) is 48.0 Å². The molecule has 0 saturated carbocycles. The van der Waals surface area contributed by atoms with Crippen molar-refractivity contribution in [1.29, 1.82) is 0 Å². The maximum absolute atomic E-state index is 11.9. The molecule has 4 heteroatoms. The molecule has 2 aromatic carbocycles. The molecule has 0 unspecified atom stereocenters. The number of hydrogen-bond donors (Lipinski definition) is 2. The van der Waals surface area contributed by atoms with E-state index < -0.39 is 18.1 Å². The Labute approximate surface area is 130 Å². The molecule has 0 saturated heterocycles. The third kappa shape index (κ3) is 4.09. The number of ether oxygens (including phenoxy) is 1. The number of esters is 1. The van der Waals surface area contributed by atoms with E-state index in [2.05, 4.69) is 5.32 Å². The number of aliphatic hydroxyl groups is 1. The molecule has 0 aromatic heterocycles. The predicted molar refractivity (Wildman–Crippen MR) is 86.6 cm³/mol. The molecule has 0 bridgehead atoms. The number of benzene rings is 2. The molecule has 116 valence electrons. The largest absolute Gasteiger partial charge is 0.464 e. The molecule has 0 fully saturated rings. The second-order valence-corrected chi connectivity index (χ2v) is 5.10. The van der Waals surface area contributed by atoms with Crippen molar-refractivity contribution < 1.29 is 14.6 Å². The first-order chi connectivity index (χ1) is 10.6. The van der Waals surface area contributed by atoms with E-state index >= 15 is 0 Å². The average Bonchev–Trinajstić information content (AvgIpc) is 2.55. The lowest BCUT2D eigenvalue weighted by atomic mass is 10.0. The maximum Gasteiger partial charge on any atom is 0.337 e. The van der Waals surface area contributed by atoms with Gasteiger partial charge in [0.2, 0.25) is 0 Å². The van der Waals surface area contributed by atoms with E-state index in [1.54, 1.807) is 6.92 Å². The fraction of sp³-hybridized carbons (Fsp3) is 0.278. The van der Waals surface area contributed by atoms with E-state index in [-0.39, 0.29) is 6.61 Å². The van der Waals surface area contributed by atoms with Crippen LogP contribution in [0.1, 0.15) is 24.1 Å². The first kappa shape index (κ1) is 16.0. The van der Waals surface area contributed by atoms with Crippen molar-refractivity contribution >= 4 is 11.7 Å². The number of rotatable bonds is 6. The Balaban J connectivity index is 2.25. The van der Waals surface area contributed by atoms with Crippen LogP contribution < -0.4 is 5.32 Å². The van der Waals surface area contributed by atoms with Crippen LogP contribution in [0.2, 0.25) is 0 Å². The van der Waals surface area contributed by atoms with E-state index in [0.29, 0.717) is 0 Å². The number of carbonyl (C=O) groups excluding carboxylic acids is 1. The van der Waals surface area contributed by atoms with Gasteiger partial charge in [0.25, 0.3) is 0 Å². The molecule has 22 heavy (non-hydrogen) atoms. The minimum absolute atomic E-state index is 0.238. The van der Waals surface area contributed by atoms with E-state index in [1.807, 2.05) is 61.5 Å². The van der Waals surface area contributed by atoms with E-state index in [4.69, 9.17) is 4.74 Å². The Morgan fingerprint density at radius 3 is 2.36 bits per heavy atom. The van der Waals surface area contributed by atoms with Crippen LogP contribution in [0.15, 0.2) is 54.6 Å². The number of hydrogen-bond acceptors (Lipinski definition) is 4. The topological polar surface area (TPSA) is 58.6 Å². The molecule has 0 aliphatic heterocycles. The molecule has 4 nitrogen and oxygen atoms in total. The number of anilines is 1. The average molecular weight is 299 g/mol. The lowest BCUT2D eigenvalue weighted by Crippen LogP contribution is -2.34. The normalized spacial score (nSPS) is 13.2. The van der Waals surface area contributed by atoms with Crippen LogP contribution in [0.3, 0.4) is 0 Å². The van der Waals surface area contributed by atoms with Gasteiger partial charge in [-0.3, -0.25) is 0 Å². The molecule has 2 N–H and O–H groups in total. The summed E-state index contributed by atoms with van der Waals surface area (Å²) in [6, 6.07) is 16.6. The number of aryl methyl sites for hydroxylation is 1. The molecule has 2 aromatic rings. The van der Waals surface area contributed by atoms with Crippen LogP contribution in [0, 0.1) is 6.92 Å². The van der Waals surface area contributed by atoms with Gasteiger partial charge in [-0.15, -0.1) is 0 Å². The van der Waals surface area contributed by atoms with Crippen molar-refractivity contribution in [1.82, 2.24) is 0 Å². The smallest absolute Gasteiger partial charge is 0.337 e. The van der Waals surface area contributed by atoms with Gasteiger partial charge in [-0.05, 0) is 31.5 Å². The second-order valence-electron chi connectivity index (χ2n) is 5.10. The summed E-state index contributed by atoms with van der Waals surface area (Å²) >= 11 is 0. The van der Waals surface area contributed by atoms with Crippen molar-refractivity contribution in [3.8, 4) is 0 Å². The minimum atomic E-state index is -1.27. The van der Waals surface area contributed by atoms with Gasteiger partial charge >= 0.3 is 5.97 Å². The summed E-state index contributed by atoms with van der Waals surface area (Å²) in [6.45, 7) is 3.96. The SMILES string of the molecule is CCOC(=O)[C@@H](O)[C@H](Nc1ccc(C)cc1)c1ccccc1. The molecule has 2 rings (SSSR count). The van der Waals surface area contributed by atoms with Crippen molar-refractivity contribution in [2.45, 2.75) is 26.0 Å². The highest BCUT2D eigenvalue weighted by atomic mass is 16.5. The first-order valence-corrected chi connectivity index (χ1v) is 7.34. The highest BCUT2D eigenvalue weighted by Gasteiger charge is 2.28. The molecular formula is C18H21NO3. The van der Waals surface area contributed by atoms with E-state index in [1.165, 1.54) is 0 Å². The van der Waals surface area contributed by atoms with E-state index in [9.17, 15) is 9.90 Å². The summed E-state index contributed by atoms with van der Waals surface area (Å²) in [5.41, 5.74) is 2.80. The van der Waals surface area contributed by atoms with Crippen LogP contribution in [-0.2, 0) is 9.53 Å². The molecule has 0 aliphatic rings. The van der Waals surface area contributed by atoms with Gasteiger partial charge in [-0.2, -0.15) is 0 Å². The Morgan fingerprint density at radius 2 is 1.77 bits per heavy atom. The summed E-state index contributed by atoms with van der Waals surface area (Å²) < 4.78 is 4.93. The third-order valence-electron chi connectivity index (χ3n) is 3.38. The van der Waals surface area contributed by atoms with Crippen LogP contribution in [-0.4, -0.2) is 23.8 Å². The number of aliphatic hydroxyl groups excluding tert-OH is 1. The third-order valence-corrected chi connectivity index (χ3v) is 3.38. The summed E-state index contributed by atoms with van der Waals surface area (Å²) in [4.78, 5) is 11.9. The zero-order chi connectivity index (χ0) is 15.9. The summed E-state index contributed by atoms with van der Waals surface area (Å²) in [5, 5.41) is 13.6. The van der Waals surface area contributed by atoms with Gasteiger partial charge < -0.3 is 15.2 Å². The molecular weight excluding hydrogens is 278 g/mol. The number of carbonyl (C=O) groups is 1. The highest BCUT2D eigenvalue weighted by molar-refractivity contribution is 5.76. The lowest BCUT2D eigenvalue weighted by Gasteiger charge is -2.24. The molecule has 0 amide bonds. The lowest BCUT2D eigenvalue weighted by molar-refractivity contribution is -0.153. The predicted octanol–water partition coefficient (Wildman–Crippen LogP) is 3.07. The molecule has 2 atom stereocenters. The summed E-state index contributed by atoms with van der Waals surface area (Å²) in [7, 11) is 0. The van der Waals surface area contributed by atoms with Crippen molar-refractivity contribution in [2.24, 2.45) is 0 Å². The zero-order valence-corrected chi connectivity index (χ0v) is 12.8. The van der Waals surface area contributed by atoms with Gasteiger partial charge in [0.1, 0.15) is 0 Å². The standard InChI is InChI=1S/C18H21NO3/c1-3-22-18(21)17(20)16(14-7-5-4-6-8-14)19-15-11-9-13(2)10-12-15/h4-12,16-17,19-20H,3H2,1-2H3/t16-,17+/m1/s1. The van der Waals surface area contributed by atoms with Crippen LogP contribution in [0.5, 0.6) is 0 Å². The Hall–Kier alpha value is -2.33. The van der Waals surface area contributed by atoms with Gasteiger partial charge in [-0.25, -0.2) is 4.79 Å². The van der Waals surface area contributed by atoms with Crippen LogP contribution in [0.25, 0.3) is 0 Å². The van der Waals surface area contributed by atoms with E-state index in [0.717, 1.165) is 16.8 Å². The zero-order valence-electron chi connectivity index (χ0n) is 12.8. The first-order valence-electron chi connectivity index (χ1n) is 7.34. The highest BCUT2D eigenvalue weighted by Crippen LogP contribution is 2.24. The number of nitrogens with one attached hydrogen (secondary N) is 1. The Kier molecular flexibility index (Phi) is 5.55. The fourth-order valence-corrected chi connectivity index (χ4v) is 2.20. The molecule has 0 aliphatic carbocycles. The Morgan fingerprint density at radius 1 is 1.14 bits per heavy atom. The molecule has 0 heterocycles. The van der Waals surface area contributed by atoms with Crippen molar-refractivity contribution in [3.05, 3.63) is 65.7 Å². The van der Waals surface area contributed by atoms with Crippen molar-refractivity contribution in [3.63, 3.8) is 0 Å². The van der Waals surface area contributed by atoms with Gasteiger partial charge in [0.15, 0.2) is 6.10 Å².